The second kappa shape index (κ2) is 7.02. The van der Waals surface area contributed by atoms with E-state index in [4.69, 9.17) is 9.84 Å². The van der Waals surface area contributed by atoms with Crippen LogP contribution in [0.1, 0.15) is 6.42 Å². The molecule has 0 bridgehead atoms. The Labute approximate surface area is 133 Å². The van der Waals surface area contributed by atoms with E-state index in [0.717, 1.165) is 5.56 Å². The first kappa shape index (κ1) is 15.2. The van der Waals surface area contributed by atoms with Gasteiger partial charge in [0, 0.05) is 43.2 Å². The zero-order chi connectivity index (χ0) is 16.1. The molecule has 0 aliphatic carbocycles. The van der Waals surface area contributed by atoms with Gasteiger partial charge in [-0.1, -0.05) is 6.07 Å². The van der Waals surface area contributed by atoms with E-state index < -0.39 is 0 Å². The number of benzene rings is 1. The lowest BCUT2D eigenvalue weighted by molar-refractivity contribution is 0.277. The second-order valence-electron chi connectivity index (χ2n) is 5.01. The summed E-state index contributed by atoms with van der Waals surface area (Å²) in [5.74, 6) is 0.659. The highest BCUT2D eigenvalue weighted by Crippen LogP contribution is 2.25. The van der Waals surface area contributed by atoms with Crippen LogP contribution in [0.3, 0.4) is 0 Å². The molecule has 3 rings (SSSR count). The number of ether oxygens (including phenoxy) is 1. The third kappa shape index (κ3) is 3.92. The smallest absolute Gasteiger partial charge is 0.131 e. The van der Waals surface area contributed by atoms with E-state index in [-0.39, 0.29) is 12.4 Å². The summed E-state index contributed by atoms with van der Waals surface area (Å²) in [5.41, 5.74) is 1.57. The van der Waals surface area contributed by atoms with E-state index in [1.165, 1.54) is 12.1 Å². The minimum Gasteiger partial charge on any atom is -0.457 e. The van der Waals surface area contributed by atoms with Gasteiger partial charge in [0.15, 0.2) is 0 Å². The first-order valence-electron chi connectivity index (χ1n) is 7.28. The first-order chi connectivity index (χ1) is 11.2. The van der Waals surface area contributed by atoms with Gasteiger partial charge in [-0.25, -0.2) is 4.39 Å². The molecule has 6 heteroatoms. The summed E-state index contributed by atoms with van der Waals surface area (Å²) in [7, 11) is 0. The molecular weight excluding hydrogens is 297 g/mol. The van der Waals surface area contributed by atoms with E-state index in [9.17, 15) is 4.39 Å². The number of aromatic nitrogens is 3. The summed E-state index contributed by atoms with van der Waals surface area (Å²) < 4.78 is 20.6. The molecule has 0 radical (unpaired) electrons. The van der Waals surface area contributed by atoms with Crippen molar-refractivity contribution in [3.63, 3.8) is 0 Å². The maximum Gasteiger partial charge on any atom is 0.131 e. The van der Waals surface area contributed by atoms with Crippen molar-refractivity contribution in [1.82, 2.24) is 14.8 Å². The molecule has 0 unspecified atom stereocenters. The minimum atomic E-state index is -0.345. The normalized spacial score (nSPS) is 10.7. The molecule has 0 aliphatic heterocycles. The molecule has 0 saturated carbocycles. The zero-order valence-electron chi connectivity index (χ0n) is 12.4. The lowest BCUT2D eigenvalue weighted by Crippen LogP contribution is -1.99. The molecule has 23 heavy (non-hydrogen) atoms. The van der Waals surface area contributed by atoms with Crippen molar-refractivity contribution < 1.29 is 14.2 Å². The fourth-order valence-corrected chi connectivity index (χ4v) is 2.15. The average Bonchev–Trinajstić information content (AvgIpc) is 3.02. The highest BCUT2D eigenvalue weighted by molar-refractivity contribution is 5.58. The van der Waals surface area contributed by atoms with Gasteiger partial charge in [0.25, 0.3) is 0 Å². The van der Waals surface area contributed by atoms with E-state index in [0.29, 0.717) is 30.2 Å². The van der Waals surface area contributed by atoms with Crippen LogP contribution in [0.2, 0.25) is 0 Å². The van der Waals surface area contributed by atoms with E-state index >= 15 is 0 Å². The van der Waals surface area contributed by atoms with Crippen molar-refractivity contribution in [2.45, 2.75) is 13.0 Å². The molecule has 3 aromatic rings. The molecule has 0 saturated heterocycles. The van der Waals surface area contributed by atoms with Crippen LogP contribution >= 0.6 is 0 Å². The van der Waals surface area contributed by atoms with Gasteiger partial charge in [-0.2, -0.15) is 5.10 Å². The molecule has 0 aliphatic rings. The van der Waals surface area contributed by atoms with Crippen LogP contribution in [-0.2, 0) is 6.54 Å². The van der Waals surface area contributed by atoms with E-state index in [1.807, 2.05) is 6.20 Å². The number of aryl methyl sites for hydroxylation is 1. The van der Waals surface area contributed by atoms with Gasteiger partial charge in [0.2, 0.25) is 0 Å². The summed E-state index contributed by atoms with van der Waals surface area (Å²) in [6, 6.07) is 9.47. The van der Waals surface area contributed by atoms with Crippen molar-refractivity contribution in [2.24, 2.45) is 0 Å². The molecule has 0 amide bonds. The fraction of sp³-hybridized carbons (Fsp3) is 0.176. The fourth-order valence-electron chi connectivity index (χ4n) is 2.15. The number of pyridine rings is 1. The largest absolute Gasteiger partial charge is 0.457 e. The Morgan fingerprint density at radius 2 is 2.04 bits per heavy atom. The Balaban J connectivity index is 1.78. The quantitative estimate of drug-likeness (QED) is 0.759. The number of hydrogen-bond donors (Lipinski definition) is 1. The standard InChI is InChI=1S/C17H16FN3O2/c18-14-3-1-4-15(9-14)23-16-5-6-19-17(10-16)13-11-20-21(12-13)7-2-8-22/h1,3-6,9-12,22H,2,7-8H2. The molecule has 2 heterocycles. The summed E-state index contributed by atoms with van der Waals surface area (Å²) >= 11 is 0. The van der Waals surface area contributed by atoms with Gasteiger partial charge in [0.1, 0.15) is 17.3 Å². The maximum absolute atomic E-state index is 13.2. The Morgan fingerprint density at radius 3 is 2.87 bits per heavy atom. The van der Waals surface area contributed by atoms with Crippen LogP contribution in [0, 0.1) is 5.82 Å². The van der Waals surface area contributed by atoms with Crippen molar-refractivity contribution >= 4 is 0 Å². The van der Waals surface area contributed by atoms with Crippen molar-refractivity contribution in [2.75, 3.05) is 6.61 Å². The topological polar surface area (TPSA) is 60.2 Å². The Kier molecular flexibility index (Phi) is 4.63. The molecule has 5 nitrogen and oxygen atoms in total. The third-order valence-electron chi connectivity index (χ3n) is 3.24. The zero-order valence-corrected chi connectivity index (χ0v) is 12.4. The van der Waals surface area contributed by atoms with Gasteiger partial charge >= 0.3 is 0 Å². The van der Waals surface area contributed by atoms with Crippen LogP contribution in [0.25, 0.3) is 11.3 Å². The van der Waals surface area contributed by atoms with Crippen LogP contribution in [0.15, 0.2) is 55.0 Å². The number of rotatable bonds is 6. The summed E-state index contributed by atoms with van der Waals surface area (Å²) in [5, 5.41) is 13.1. The van der Waals surface area contributed by atoms with E-state index in [2.05, 4.69) is 10.1 Å². The molecule has 118 valence electrons. The first-order valence-corrected chi connectivity index (χ1v) is 7.28. The van der Waals surface area contributed by atoms with Crippen LogP contribution in [0.4, 0.5) is 4.39 Å². The molecular formula is C17H16FN3O2. The molecule has 1 N–H and O–H groups in total. The Bertz CT molecular complexity index is 789. The third-order valence-corrected chi connectivity index (χ3v) is 3.24. The Morgan fingerprint density at radius 1 is 1.17 bits per heavy atom. The molecule has 2 aromatic heterocycles. The second-order valence-corrected chi connectivity index (χ2v) is 5.01. The SMILES string of the molecule is OCCCn1cc(-c2cc(Oc3cccc(F)c3)ccn2)cn1. The van der Waals surface area contributed by atoms with Crippen molar-refractivity contribution in [1.29, 1.82) is 0 Å². The van der Waals surface area contributed by atoms with E-state index in [1.54, 1.807) is 41.3 Å². The minimum absolute atomic E-state index is 0.129. The van der Waals surface area contributed by atoms with Gasteiger partial charge in [-0.15, -0.1) is 0 Å². The average molecular weight is 313 g/mol. The lowest BCUT2D eigenvalue weighted by Gasteiger charge is -2.06. The molecule has 1 aromatic carbocycles. The Hall–Kier alpha value is -2.73. The predicted molar refractivity (Wildman–Crippen MR) is 83.6 cm³/mol. The summed E-state index contributed by atoms with van der Waals surface area (Å²) in [6.45, 7) is 0.778. The number of hydrogen-bond acceptors (Lipinski definition) is 4. The number of aliphatic hydroxyl groups is 1. The molecule has 0 atom stereocenters. The van der Waals surface area contributed by atoms with Crippen LogP contribution < -0.4 is 4.74 Å². The highest BCUT2D eigenvalue weighted by atomic mass is 19.1. The van der Waals surface area contributed by atoms with Crippen molar-refractivity contribution in [3.05, 3.63) is 60.8 Å². The highest BCUT2D eigenvalue weighted by Gasteiger charge is 2.06. The van der Waals surface area contributed by atoms with Gasteiger partial charge in [-0.3, -0.25) is 9.67 Å². The van der Waals surface area contributed by atoms with Crippen molar-refractivity contribution in [3.8, 4) is 22.8 Å². The predicted octanol–water partition coefficient (Wildman–Crippen LogP) is 3.26. The van der Waals surface area contributed by atoms with Gasteiger partial charge in [0.05, 0.1) is 11.9 Å². The number of halogens is 1. The van der Waals surface area contributed by atoms with Crippen LogP contribution in [-0.4, -0.2) is 26.5 Å². The number of nitrogens with zero attached hydrogens (tertiary/aromatic N) is 3. The number of aliphatic hydroxyl groups excluding tert-OH is 1. The monoisotopic (exact) mass is 313 g/mol. The summed E-state index contributed by atoms with van der Waals surface area (Å²) in [6.07, 6.45) is 5.86. The molecule has 0 fully saturated rings. The maximum atomic E-state index is 13.2. The van der Waals surface area contributed by atoms with Gasteiger partial charge in [-0.05, 0) is 24.6 Å². The summed E-state index contributed by atoms with van der Waals surface area (Å²) in [4.78, 5) is 4.31. The van der Waals surface area contributed by atoms with Gasteiger partial charge < -0.3 is 9.84 Å². The molecule has 0 spiro atoms. The van der Waals surface area contributed by atoms with Crippen LogP contribution in [0.5, 0.6) is 11.5 Å². The lowest BCUT2D eigenvalue weighted by atomic mass is 10.2.